The molecule has 7 heteroatoms. The van der Waals surface area contributed by atoms with Crippen molar-refractivity contribution in [3.8, 4) is 22.4 Å². The van der Waals surface area contributed by atoms with Crippen LogP contribution in [-0.4, -0.2) is 19.9 Å². The number of nitrogens with zero attached hydrogens (tertiary/aromatic N) is 3. The zero-order valence-corrected chi connectivity index (χ0v) is 15.6. The van der Waals surface area contributed by atoms with E-state index in [0.717, 1.165) is 21.9 Å². The van der Waals surface area contributed by atoms with Crippen LogP contribution in [0.4, 0.5) is 4.39 Å². The summed E-state index contributed by atoms with van der Waals surface area (Å²) in [6, 6.07) is 11.6. The Labute approximate surface area is 168 Å². The van der Waals surface area contributed by atoms with Crippen LogP contribution in [0.25, 0.3) is 44.2 Å². The number of pyridine rings is 4. The molecule has 4 heterocycles. The molecule has 5 nitrogen and oxygen atoms in total. The van der Waals surface area contributed by atoms with Gasteiger partial charge in [-0.15, -0.1) is 0 Å². The molecule has 1 N–H and O–H groups in total. The van der Waals surface area contributed by atoms with E-state index < -0.39 is 5.82 Å². The monoisotopic (exact) mass is 402 g/mol. The summed E-state index contributed by atoms with van der Waals surface area (Å²) < 4.78 is 14.5. The number of benzene rings is 1. The van der Waals surface area contributed by atoms with Crippen molar-refractivity contribution in [2.24, 2.45) is 0 Å². The average Bonchev–Trinajstić information content (AvgIpc) is 2.75. The molecule has 0 aliphatic carbocycles. The van der Waals surface area contributed by atoms with E-state index in [9.17, 15) is 9.18 Å². The maximum absolute atomic E-state index is 14.5. The molecule has 0 fully saturated rings. The van der Waals surface area contributed by atoms with Crippen molar-refractivity contribution >= 4 is 33.4 Å². The first-order valence-electron chi connectivity index (χ1n) is 8.79. The summed E-state index contributed by atoms with van der Waals surface area (Å²) in [7, 11) is 0. The highest BCUT2D eigenvalue weighted by Crippen LogP contribution is 2.35. The molecule has 1 aromatic carbocycles. The minimum absolute atomic E-state index is 0.227. The fraction of sp³-hybridized carbons (Fsp3) is 0. The van der Waals surface area contributed by atoms with Gasteiger partial charge in [0.1, 0.15) is 5.82 Å². The van der Waals surface area contributed by atoms with Gasteiger partial charge in [0.2, 0.25) is 0 Å². The first-order valence-corrected chi connectivity index (χ1v) is 9.16. The van der Waals surface area contributed by atoms with Crippen LogP contribution in [0.1, 0.15) is 0 Å². The van der Waals surface area contributed by atoms with Crippen LogP contribution < -0.4 is 5.56 Å². The van der Waals surface area contributed by atoms with Gasteiger partial charge in [0.25, 0.3) is 5.56 Å². The van der Waals surface area contributed by atoms with Gasteiger partial charge < -0.3 is 4.98 Å². The lowest BCUT2D eigenvalue weighted by atomic mass is 9.97. The number of aromatic nitrogens is 4. The Hall–Kier alpha value is -3.64. The summed E-state index contributed by atoms with van der Waals surface area (Å²) in [5.41, 5.74) is 2.46. The van der Waals surface area contributed by atoms with E-state index in [-0.39, 0.29) is 11.1 Å². The van der Waals surface area contributed by atoms with Crippen LogP contribution in [0, 0.1) is 5.82 Å². The largest absolute Gasteiger partial charge is 0.328 e. The van der Waals surface area contributed by atoms with Gasteiger partial charge in [-0.25, -0.2) is 14.4 Å². The van der Waals surface area contributed by atoms with Crippen molar-refractivity contribution < 1.29 is 4.39 Å². The third kappa shape index (κ3) is 2.94. The average molecular weight is 403 g/mol. The number of nitrogens with one attached hydrogen (secondary N) is 1. The van der Waals surface area contributed by atoms with E-state index in [1.807, 2.05) is 12.1 Å². The highest BCUT2D eigenvalue weighted by Gasteiger charge is 2.16. The van der Waals surface area contributed by atoms with Crippen molar-refractivity contribution in [3.05, 3.63) is 88.4 Å². The first kappa shape index (κ1) is 17.5. The zero-order valence-electron chi connectivity index (χ0n) is 14.9. The lowest BCUT2D eigenvalue weighted by Gasteiger charge is -2.12. The van der Waals surface area contributed by atoms with Gasteiger partial charge in [0.15, 0.2) is 5.65 Å². The molecule has 29 heavy (non-hydrogen) atoms. The third-order valence-electron chi connectivity index (χ3n) is 4.78. The molecule has 0 aliphatic heterocycles. The molecule has 0 amide bonds. The first-order chi connectivity index (χ1) is 14.1. The van der Waals surface area contributed by atoms with Gasteiger partial charge in [0, 0.05) is 46.3 Å². The van der Waals surface area contributed by atoms with E-state index in [1.54, 1.807) is 30.7 Å². The summed E-state index contributed by atoms with van der Waals surface area (Å²) in [6.07, 6.45) is 6.43. The number of H-pyrrole nitrogens is 1. The molecular weight excluding hydrogens is 391 g/mol. The van der Waals surface area contributed by atoms with Gasteiger partial charge in [-0.3, -0.25) is 9.78 Å². The van der Waals surface area contributed by atoms with Crippen LogP contribution in [0.15, 0.2) is 72.0 Å². The van der Waals surface area contributed by atoms with Gasteiger partial charge in [-0.2, -0.15) is 0 Å². The molecule has 0 saturated heterocycles. The number of fused-ring (bicyclic) bond motifs is 2. The number of halogens is 2. The zero-order chi connectivity index (χ0) is 20.0. The lowest BCUT2D eigenvalue weighted by Crippen LogP contribution is -2.06. The smallest absolute Gasteiger partial charge is 0.257 e. The summed E-state index contributed by atoms with van der Waals surface area (Å²) >= 11 is 6.08. The molecule has 0 aliphatic rings. The van der Waals surface area contributed by atoms with Crippen LogP contribution in [0.2, 0.25) is 5.02 Å². The second-order valence-electron chi connectivity index (χ2n) is 6.51. The fourth-order valence-corrected chi connectivity index (χ4v) is 3.61. The molecule has 0 atom stereocenters. The predicted molar refractivity (Wildman–Crippen MR) is 111 cm³/mol. The standard InChI is InChI=1S/C22H12ClFN4O/c23-12-3-4-19(24)16(8-12)20-9-15(14-2-1-6-26-21(14)28-20)17-11-27-22(29)18-10-25-7-5-13(17)18/h1-11H,(H,27,29). The number of aromatic amines is 1. The quantitative estimate of drug-likeness (QED) is 0.451. The van der Waals surface area contributed by atoms with E-state index in [1.165, 1.54) is 24.4 Å². The van der Waals surface area contributed by atoms with E-state index in [2.05, 4.69) is 19.9 Å². The Kier molecular flexibility index (Phi) is 4.07. The lowest BCUT2D eigenvalue weighted by molar-refractivity contribution is 0.631. The number of hydrogen-bond donors (Lipinski definition) is 1. The van der Waals surface area contributed by atoms with Gasteiger partial charge in [0.05, 0.1) is 11.1 Å². The summed E-state index contributed by atoms with van der Waals surface area (Å²) in [6.45, 7) is 0. The van der Waals surface area contributed by atoms with E-state index in [0.29, 0.717) is 21.7 Å². The van der Waals surface area contributed by atoms with Gasteiger partial charge in [-0.05, 0) is 53.4 Å². The van der Waals surface area contributed by atoms with Crippen molar-refractivity contribution in [3.63, 3.8) is 0 Å². The highest BCUT2D eigenvalue weighted by atomic mass is 35.5. The fourth-order valence-electron chi connectivity index (χ4n) is 3.44. The Bertz CT molecular complexity index is 1460. The second-order valence-corrected chi connectivity index (χ2v) is 6.94. The van der Waals surface area contributed by atoms with Crippen LogP contribution in [0.3, 0.4) is 0 Å². The molecular formula is C22H12ClFN4O. The van der Waals surface area contributed by atoms with E-state index in [4.69, 9.17) is 11.6 Å². The number of rotatable bonds is 2. The van der Waals surface area contributed by atoms with Crippen molar-refractivity contribution in [1.82, 2.24) is 19.9 Å². The SMILES string of the molecule is O=c1[nH]cc(-c2cc(-c3cc(Cl)ccc3F)nc3ncccc23)c2ccncc12. The Morgan fingerprint density at radius 3 is 2.72 bits per heavy atom. The van der Waals surface area contributed by atoms with Crippen LogP contribution in [-0.2, 0) is 0 Å². The van der Waals surface area contributed by atoms with Gasteiger partial charge in [-0.1, -0.05) is 11.6 Å². The minimum atomic E-state index is -0.432. The summed E-state index contributed by atoms with van der Waals surface area (Å²) in [4.78, 5) is 27.9. The molecule has 140 valence electrons. The molecule has 0 unspecified atom stereocenters. The molecule has 0 radical (unpaired) electrons. The molecule has 0 spiro atoms. The Morgan fingerprint density at radius 2 is 1.83 bits per heavy atom. The maximum Gasteiger partial charge on any atom is 0.257 e. The topological polar surface area (TPSA) is 71.5 Å². The minimum Gasteiger partial charge on any atom is -0.328 e. The predicted octanol–water partition coefficient (Wildman–Crippen LogP) is 4.99. The molecule has 0 bridgehead atoms. The van der Waals surface area contributed by atoms with Crippen LogP contribution >= 0.6 is 11.6 Å². The van der Waals surface area contributed by atoms with Crippen molar-refractivity contribution in [1.29, 1.82) is 0 Å². The summed E-state index contributed by atoms with van der Waals surface area (Å²) in [5.74, 6) is -0.432. The second kappa shape index (κ2) is 6.76. The normalized spacial score (nSPS) is 11.2. The molecule has 4 aromatic heterocycles. The highest BCUT2D eigenvalue weighted by molar-refractivity contribution is 6.30. The van der Waals surface area contributed by atoms with E-state index >= 15 is 0 Å². The Balaban J connectivity index is 1.89. The summed E-state index contributed by atoms with van der Waals surface area (Å²) in [5, 5.41) is 2.39. The van der Waals surface area contributed by atoms with Crippen molar-refractivity contribution in [2.45, 2.75) is 0 Å². The third-order valence-corrected chi connectivity index (χ3v) is 5.02. The van der Waals surface area contributed by atoms with Crippen LogP contribution in [0.5, 0.6) is 0 Å². The Morgan fingerprint density at radius 1 is 0.931 bits per heavy atom. The molecule has 0 saturated carbocycles. The van der Waals surface area contributed by atoms with Crippen molar-refractivity contribution in [2.75, 3.05) is 0 Å². The maximum atomic E-state index is 14.5. The number of hydrogen-bond acceptors (Lipinski definition) is 4. The molecule has 5 aromatic rings. The van der Waals surface area contributed by atoms with Gasteiger partial charge >= 0.3 is 0 Å². The molecule has 5 rings (SSSR count).